The summed E-state index contributed by atoms with van der Waals surface area (Å²) < 4.78 is 38.9. The maximum atomic E-state index is 13.5. The minimum atomic E-state index is -4.06. The summed E-state index contributed by atoms with van der Waals surface area (Å²) in [7, 11) is -4.06. The number of nitrogens with zero attached hydrogens (tertiary/aromatic N) is 1. The van der Waals surface area contributed by atoms with Crippen molar-refractivity contribution >= 4 is 27.6 Å². The number of benzene rings is 2. The number of halogens is 1. The largest absolute Gasteiger partial charge is 0.506 e. The Morgan fingerprint density at radius 3 is 2.53 bits per heavy atom. The summed E-state index contributed by atoms with van der Waals surface area (Å²) in [6.07, 6.45) is -0.514. The minimum absolute atomic E-state index is 0.0345. The first-order chi connectivity index (χ1) is 17.1. The molecule has 1 aliphatic rings. The van der Waals surface area contributed by atoms with Crippen LogP contribution in [0.1, 0.15) is 32.3 Å². The van der Waals surface area contributed by atoms with Crippen LogP contribution >= 0.6 is 11.6 Å². The maximum Gasteiger partial charge on any atom is 0.306 e. The maximum absolute atomic E-state index is 13.5. The number of ether oxygens (including phenoxy) is 2. The Hall–Kier alpha value is -2.17. The first kappa shape index (κ1) is 28.4. The summed E-state index contributed by atoms with van der Waals surface area (Å²) in [5, 5.41) is 21.3. The summed E-state index contributed by atoms with van der Waals surface area (Å²) >= 11 is 5.86. The van der Waals surface area contributed by atoms with E-state index in [1.54, 1.807) is 0 Å². The zero-order valence-corrected chi connectivity index (χ0v) is 22.1. The van der Waals surface area contributed by atoms with Crippen LogP contribution in [0.5, 0.6) is 5.75 Å². The predicted octanol–water partition coefficient (Wildman–Crippen LogP) is 3.63. The number of aliphatic hydroxyl groups is 1. The standard InChI is InChI=1S/C26H34ClNO7S/c1-18(2)15-28(36(32,33)22-8-9-23(27)24(29)14-22)16-25(30)20(12-19-6-4-3-5-7-19)13-26(31)35-21-10-11-34-17-21/h3-9,14,18,20-21,25,29-30H,10-13,15-17H2,1-2H3/t20-,21?,25-/m1/s1. The zero-order chi connectivity index (χ0) is 26.3. The number of rotatable bonds is 12. The molecule has 1 fully saturated rings. The number of carbonyl (C=O) groups is 1. The van der Waals surface area contributed by atoms with E-state index in [1.165, 1.54) is 16.4 Å². The fraction of sp³-hybridized carbons (Fsp3) is 0.500. The third-order valence-electron chi connectivity index (χ3n) is 6.01. The van der Waals surface area contributed by atoms with Crippen LogP contribution in [-0.2, 0) is 30.7 Å². The van der Waals surface area contributed by atoms with Crippen LogP contribution in [-0.4, -0.2) is 67.4 Å². The average Bonchev–Trinajstić information content (AvgIpc) is 3.33. The Morgan fingerprint density at radius 2 is 1.92 bits per heavy atom. The number of aliphatic hydroxyl groups excluding tert-OH is 1. The average molecular weight is 540 g/mol. The van der Waals surface area contributed by atoms with Gasteiger partial charge in [-0.15, -0.1) is 0 Å². The van der Waals surface area contributed by atoms with Gasteiger partial charge in [-0.1, -0.05) is 55.8 Å². The monoisotopic (exact) mass is 539 g/mol. The summed E-state index contributed by atoms with van der Waals surface area (Å²) in [4.78, 5) is 12.6. The number of hydrogen-bond donors (Lipinski definition) is 2. The molecule has 2 aromatic carbocycles. The Morgan fingerprint density at radius 1 is 1.19 bits per heavy atom. The second kappa shape index (κ2) is 12.9. The van der Waals surface area contributed by atoms with Crippen molar-refractivity contribution in [1.29, 1.82) is 0 Å². The number of carbonyl (C=O) groups excluding carboxylic acids is 1. The Kier molecular flexibility index (Phi) is 10.2. The number of phenols is 1. The van der Waals surface area contributed by atoms with Crippen molar-refractivity contribution in [2.75, 3.05) is 26.3 Å². The molecule has 3 atom stereocenters. The van der Waals surface area contributed by atoms with Gasteiger partial charge >= 0.3 is 5.97 Å². The number of sulfonamides is 1. The van der Waals surface area contributed by atoms with Crippen molar-refractivity contribution in [3.05, 3.63) is 59.1 Å². The number of hydrogen-bond acceptors (Lipinski definition) is 7. The van der Waals surface area contributed by atoms with Gasteiger partial charge in [-0.25, -0.2) is 8.42 Å². The smallest absolute Gasteiger partial charge is 0.306 e. The highest BCUT2D eigenvalue weighted by molar-refractivity contribution is 7.89. The van der Waals surface area contributed by atoms with Gasteiger partial charge in [0.05, 0.1) is 35.7 Å². The molecule has 1 saturated heterocycles. The van der Waals surface area contributed by atoms with Crippen LogP contribution in [0.3, 0.4) is 0 Å². The third-order valence-corrected chi connectivity index (χ3v) is 8.16. The molecule has 3 rings (SSSR count). The fourth-order valence-corrected chi connectivity index (χ4v) is 5.91. The lowest BCUT2D eigenvalue weighted by Crippen LogP contribution is -2.43. The van der Waals surface area contributed by atoms with Crippen LogP contribution in [0.2, 0.25) is 5.02 Å². The highest BCUT2D eigenvalue weighted by Gasteiger charge is 2.33. The Bertz CT molecular complexity index is 1100. The molecule has 0 radical (unpaired) electrons. The lowest BCUT2D eigenvalue weighted by molar-refractivity contribution is -0.151. The van der Waals surface area contributed by atoms with E-state index in [0.717, 1.165) is 11.6 Å². The summed E-state index contributed by atoms with van der Waals surface area (Å²) in [5.41, 5.74) is 0.916. The lowest BCUT2D eigenvalue weighted by atomic mass is 9.90. The van der Waals surface area contributed by atoms with Crippen molar-refractivity contribution in [1.82, 2.24) is 4.31 Å². The second-order valence-corrected chi connectivity index (χ2v) is 11.9. The molecule has 0 aromatic heterocycles. The van der Waals surface area contributed by atoms with E-state index < -0.39 is 28.0 Å². The van der Waals surface area contributed by atoms with E-state index in [0.29, 0.717) is 26.1 Å². The van der Waals surface area contributed by atoms with Crippen LogP contribution in [0.4, 0.5) is 0 Å². The van der Waals surface area contributed by atoms with Gasteiger partial charge in [0.25, 0.3) is 0 Å². The van der Waals surface area contributed by atoms with Gasteiger partial charge in [-0.3, -0.25) is 4.79 Å². The fourth-order valence-electron chi connectivity index (χ4n) is 4.15. The molecule has 0 bridgehead atoms. The van der Waals surface area contributed by atoms with Crippen LogP contribution in [0.15, 0.2) is 53.4 Å². The van der Waals surface area contributed by atoms with Crippen molar-refractivity contribution < 1.29 is 32.9 Å². The summed E-state index contributed by atoms with van der Waals surface area (Å²) in [6.45, 7) is 4.56. The lowest BCUT2D eigenvalue weighted by Gasteiger charge is -2.30. The van der Waals surface area contributed by atoms with E-state index in [1.807, 2.05) is 44.2 Å². The predicted molar refractivity (Wildman–Crippen MR) is 136 cm³/mol. The normalized spacial score (nSPS) is 17.9. The number of esters is 1. The molecule has 1 heterocycles. The molecule has 36 heavy (non-hydrogen) atoms. The van der Waals surface area contributed by atoms with E-state index >= 15 is 0 Å². The highest BCUT2D eigenvalue weighted by Crippen LogP contribution is 2.29. The topological polar surface area (TPSA) is 113 Å². The summed E-state index contributed by atoms with van der Waals surface area (Å²) in [5.74, 6) is -1.41. The van der Waals surface area contributed by atoms with Gasteiger partial charge in [-0.05, 0) is 30.0 Å². The van der Waals surface area contributed by atoms with Gasteiger partial charge in [0.2, 0.25) is 10.0 Å². The van der Waals surface area contributed by atoms with Gasteiger partial charge < -0.3 is 19.7 Å². The summed E-state index contributed by atoms with van der Waals surface area (Å²) in [6, 6.07) is 13.1. The Labute approximate surface area is 217 Å². The molecule has 2 aromatic rings. The SMILES string of the molecule is CC(C)CN(C[C@@H](O)[C@@H](CC(=O)OC1CCOC1)Cc1ccccc1)S(=O)(=O)c1ccc(Cl)c(O)c1. The van der Waals surface area contributed by atoms with Crippen LogP contribution in [0.25, 0.3) is 0 Å². The van der Waals surface area contributed by atoms with E-state index in [9.17, 15) is 23.4 Å². The molecule has 0 amide bonds. The molecule has 2 N–H and O–H groups in total. The van der Waals surface area contributed by atoms with Gasteiger partial charge in [-0.2, -0.15) is 4.31 Å². The van der Waals surface area contributed by atoms with Gasteiger partial charge in [0, 0.05) is 31.5 Å². The third kappa shape index (κ3) is 7.91. The number of phenolic OH excluding ortho intramolecular Hbond substituents is 1. The highest BCUT2D eigenvalue weighted by atomic mass is 35.5. The van der Waals surface area contributed by atoms with E-state index in [-0.39, 0.29) is 47.2 Å². The molecule has 0 spiro atoms. The molecule has 0 saturated carbocycles. The quantitative estimate of drug-likeness (QED) is 0.396. The van der Waals surface area contributed by atoms with Gasteiger partial charge in [0.15, 0.2) is 0 Å². The van der Waals surface area contributed by atoms with Crippen molar-refractivity contribution in [2.24, 2.45) is 11.8 Å². The van der Waals surface area contributed by atoms with Crippen LogP contribution < -0.4 is 0 Å². The van der Waals surface area contributed by atoms with Crippen molar-refractivity contribution in [3.63, 3.8) is 0 Å². The molecule has 0 aliphatic carbocycles. The second-order valence-electron chi connectivity index (χ2n) is 9.53. The Balaban J connectivity index is 1.82. The molecule has 10 heteroatoms. The molecular formula is C26H34ClNO7S. The van der Waals surface area contributed by atoms with E-state index in [4.69, 9.17) is 21.1 Å². The first-order valence-electron chi connectivity index (χ1n) is 12.0. The van der Waals surface area contributed by atoms with Gasteiger partial charge in [0.1, 0.15) is 11.9 Å². The molecular weight excluding hydrogens is 506 g/mol. The molecule has 198 valence electrons. The molecule has 1 unspecified atom stereocenters. The first-order valence-corrected chi connectivity index (χ1v) is 13.9. The van der Waals surface area contributed by atoms with E-state index in [2.05, 4.69) is 0 Å². The molecule has 8 nitrogen and oxygen atoms in total. The minimum Gasteiger partial charge on any atom is -0.506 e. The van der Waals surface area contributed by atoms with Crippen LogP contribution in [0, 0.1) is 11.8 Å². The van der Waals surface area contributed by atoms with Crippen molar-refractivity contribution in [3.8, 4) is 5.75 Å². The van der Waals surface area contributed by atoms with Crippen molar-refractivity contribution in [2.45, 2.75) is 50.2 Å². The number of aromatic hydroxyl groups is 1. The zero-order valence-electron chi connectivity index (χ0n) is 20.5. The molecule has 1 aliphatic heterocycles.